The minimum atomic E-state index is -0.780. The van der Waals surface area contributed by atoms with Gasteiger partial charge in [0.2, 0.25) is 0 Å². The van der Waals surface area contributed by atoms with Gasteiger partial charge in [-0.05, 0) is 109 Å². The zero-order chi connectivity index (χ0) is 52.9. The molecule has 0 spiro atoms. The molecule has 73 heavy (non-hydrogen) atoms. The number of unbranched alkanes of at least 4 members (excludes halogenated alkanes) is 25. The van der Waals surface area contributed by atoms with Crippen molar-refractivity contribution < 1.29 is 28.6 Å². The van der Waals surface area contributed by atoms with Crippen LogP contribution in [0.4, 0.5) is 0 Å². The summed E-state index contributed by atoms with van der Waals surface area (Å²) in [6.07, 6.45) is 82.7. The van der Waals surface area contributed by atoms with Crippen LogP contribution in [0.15, 0.2) is 109 Å². The first kappa shape index (κ1) is 69.1. The number of hydrogen-bond donors (Lipinski definition) is 0. The van der Waals surface area contributed by atoms with Crippen LogP contribution < -0.4 is 0 Å². The molecule has 0 aliphatic carbocycles. The molecule has 0 heterocycles. The van der Waals surface area contributed by atoms with Crippen LogP contribution in [0.1, 0.15) is 278 Å². The lowest BCUT2D eigenvalue weighted by atomic mass is 10.1. The fraction of sp³-hybridized carbons (Fsp3) is 0.687. The molecule has 0 aliphatic rings. The lowest BCUT2D eigenvalue weighted by Crippen LogP contribution is -2.30. The summed E-state index contributed by atoms with van der Waals surface area (Å²) in [6.45, 7) is 6.42. The van der Waals surface area contributed by atoms with Crippen LogP contribution >= 0.6 is 0 Å². The average Bonchev–Trinajstić information content (AvgIpc) is 3.39. The van der Waals surface area contributed by atoms with Gasteiger partial charge in [0.15, 0.2) is 6.10 Å². The van der Waals surface area contributed by atoms with Crippen LogP contribution in [0.25, 0.3) is 0 Å². The van der Waals surface area contributed by atoms with Gasteiger partial charge in [0, 0.05) is 19.3 Å². The van der Waals surface area contributed by atoms with Gasteiger partial charge in [-0.15, -0.1) is 0 Å². The van der Waals surface area contributed by atoms with Crippen LogP contribution in [0.5, 0.6) is 0 Å². The zero-order valence-corrected chi connectivity index (χ0v) is 47.6. The first-order valence-corrected chi connectivity index (χ1v) is 30.4. The van der Waals surface area contributed by atoms with E-state index in [9.17, 15) is 14.4 Å². The van der Waals surface area contributed by atoms with Crippen molar-refractivity contribution in [2.24, 2.45) is 0 Å². The second-order valence-corrected chi connectivity index (χ2v) is 19.9. The van der Waals surface area contributed by atoms with Crippen LogP contribution in [0.3, 0.4) is 0 Å². The minimum absolute atomic E-state index is 0.0819. The Morgan fingerprint density at radius 1 is 0.288 bits per heavy atom. The highest BCUT2D eigenvalue weighted by Gasteiger charge is 2.19. The van der Waals surface area contributed by atoms with E-state index in [4.69, 9.17) is 14.2 Å². The van der Waals surface area contributed by atoms with Crippen molar-refractivity contribution in [3.63, 3.8) is 0 Å². The summed E-state index contributed by atoms with van der Waals surface area (Å²) in [7, 11) is 0. The second-order valence-electron chi connectivity index (χ2n) is 19.9. The molecule has 0 fully saturated rings. The Balaban J connectivity index is 4.08. The fourth-order valence-corrected chi connectivity index (χ4v) is 8.22. The molecule has 0 N–H and O–H groups in total. The first-order chi connectivity index (χ1) is 36.0. The molecule has 1 atom stereocenters. The average molecular weight is 1010 g/mol. The molecule has 0 aromatic rings. The third-order valence-electron chi connectivity index (χ3n) is 12.8. The molecule has 0 aliphatic heterocycles. The van der Waals surface area contributed by atoms with Crippen molar-refractivity contribution in [3.05, 3.63) is 109 Å². The van der Waals surface area contributed by atoms with Gasteiger partial charge in [0.05, 0.1) is 0 Å². The summed E-state index contributed by atoms with van der Waals surface area (Å²) in [4.78, 5) is 37.9. The fourth-order valence-electron chi connectivity index (χ4n) is 8.22. The monoisotopic (exact) mass is 1010 g/mol. The number of rotatable bonds is 54. The van der Waals surface area contributed by atoms with Crippen LogP contribution in [-0.4, -0.2) is 37.2 Å². The van der Waals surface area contributed by atoms with Crippen molar-refractivity contribution in [2.45, 2.75) is 284 Å². The summed E-state index contributed by atoms with van der Waals surface area (Å²) in [5.41, 5.74) is 0. The quantitative estimate of drug-likeness (QED) is 0.0261. The number of esters is 3. The Morgan fingerprint density at radius 2 is 0.534 bits per heavy atom. The van der Waals surface area contributed by atoms with Crippen LogP contribution in [0.2, 0.25) is 0 Å². The predicted molar refractivity (Wildman–Crippen MR) is 316 cm³/mol. The smallest absolute Gasteiger partial charge is 0.306 e. The van der Waals surface area contributed by atoms with E-state index in [1.54, 1.807) is 0 Å². The molecule has 0 aromatic heterocycles. The Hall–Kier alpha value is -3.93. The predicted octanol–water partition coefficient (Wildman–Crippen LogP) is 20.7. The molecule has 0 saturated heterocycles. The molecule has 0 aromatic carbocycles. The Labute approximate surface area is 450 Å². The Morgan fingerprint density at radius 3 is 0.863 bits per heavy atom. The first-order valence-electron chi connectivity index (χ1n) is 30.4. The highest BCUT2D eigenvalue weighted by molar-refractivity contribution is 5.71. The maximum Gasteiger partial charge on any atom is 0.306 e. The summed E-state index contributed by atoms with van der Waals surface area (Å²) in [5.74, 6) is -0.904. The topological polar surface area (TPSA) is 78.9 Å². The van der Waals surface area contributed by atoms with Gasteiger partial charge in [-0.25, -0.2) is 0 Å². The highest BCUT2D eigenvalue weighted by Crippen LogP contribution is 2.15. The van der Waals surface area contributed by atoms with Crippen LogP contribution in [-0.2, 0) is 28.6 Å². The molecule has 0 amide bonds. The molecule has 6 nitrogen and oxygen atoms in total. The second kappa shape index (κ2) is 60.6. The van der Waals surface area contributed by atoms with Gasteiger partial charge >= 0.3 is 17.9 Å². The molecule has 0 rings (SSSR count). The normalized spacial score (nSPS) is 12.9. The number of carbonyl (C=O) groups is 3. The standard InChI is InChI=1S/C67H112O6/c1-4-7-10-13-15-17-19-21-23-25-27-28-29-30-31-32-33-34-35-36-37-38-40-41-43-45-47-49-51-54-57-60-66(69)72-63-64(62-71-65(68)59-56-53-12-9-6-3)73-67(70)61-58-55-52-50-48-46-44-42-39-26-24-22-20-18-16-14-11-8-5-2/h7,10,15-18,21-24,27-28,30-31,33-34,36-37,64H,4-6,8-9,11-14,19-20,25-26,29,32,35,38-63H2,1-3H3/b10-7-,17-15-,18-16-,23-21-,24-22-,28-27-,31-30-,34-33-,37-36-. The number of ether oxygens (including phenoxy) is 3. The molecule has 0 saturated carbocycles. The van der Waals surface area contributed by atoms with E-state index in [1.165, 1.54) is 116 Å². The lowest BCUT2D eigenvalue weighted by molar-refractivity contribution is -0.167. The Bertz CT molecular complexity index is 1490. The lowest BCUT2D eigenvalue weighted by Gasteiger charge is -2.18. The number of hydrogen-bond acceptors (Lipinski definition) is 6. The van der Waals surface area contributed by atoms with Gasteiger partial charge in [0.1, 0.15) is 13.2 Å². The van der Waals surface area contributed by atoms with E-state index < -0.39 is 6.10 Å². The molecule has 416 valence electrons. The van der Waals surface area contributed by atoms with E-state index in [2.05, 4.69) is 130 Å². The van der Waals surface area contributed by atoms with Gasteiger partial charge in [-0.1, -0.05) is 259 Å². The third-order valence-corrected chi connectivity index (χ3v) is 12.8. The van der Waals surface area contributed by atoms with E-state index in [0.717, 1.165) is 122 Å². The molecular weight excluding hydrogens is 901 g/mol. The summed E-state index contributed by atoms with van der Waals surface area (Å²) in [6, 6.07) is 0. The summed E-state index contributed by atoms with van der Waals surface area (Å²) in [5, 5.41) is 0. The van der Waals surface area contributed by atoms with Gasteiger partial charge in [0.25, 0.3) is 0 Å². The Kier molecular flexibility index (Phi) is 57.4. The molecule has 6 heteroatoms. The van der Waals surface area contributed by atoms with E-state index in [0.29, 0.717) is 19.3 Å². The van der Waals surface area contributed by atoms with Crippen molar-refractivity contribution in [2.75, 3.05) is 13.2 Å². The molecule has 0 bridgehead atoms. The maximum absolute atomic E-state index is 12.8. The third kappa shape index (κ3) is 58.8. The number of carbonyl (C=O) groups excluding carboxylic acids is 3. The van der Waals surface area contributed by atoms with Gasteiger partial charge in [-0.2, -0.15) is 0 Å². The molecule has 1 unspecified atom stereocenters. The van der Waals surface area contributed by atoms with Crippen molar-refractivity contribution in [3.8, 4) is 0 Å². The van der Waals surface area contributed by atoms with Gasteiger partial charge in [-0.3, -0.25) is 14.4 Å². The minimum Gasteiger partial charge on any atom is -0.462 e. The largest absolute Gasteiger partial charge is 0.462 e. The zero-order valence-electron chi connectivity index (χ0n) is 47.6. The van der Waals surface area contributed by atoms with Crippen LogP contribution in [0, 0.1) is 0 Å². The van der Waals surface area contributed by atoms with Crippen molar-refractivity contribution >= 4 is 17.9 Å². The van der Waals surface area contributed by atoms with Crippen molar-refractivity contribution in [1.29, 1.82) is 0 Å². The van der Waals surface area contributed by atoms with E-state index >= 15 is 0 Å². The SMILES string of the molecule is CC/C=C\C/C=C\C/C=C\C/C=C\C/C=C\C/C=C\C/C=C\CCCCCCCCCCCC(=O)OCC(COC(=O)CCCCCCC)OC(=O)CCCCCCCCCCC/C=C\C/C=C\CCCCC. The highest BCUT2D eigenvalue weighted by atomic mass is 16.6. The van der Waals surface area contributed by atoms with Crippen molar-refractivity contribution in [1.82, 2.24) is 0 Å². The summed E-state index contributed by atoms with van der Waals surface area (Å²) >= 11 is 0. The van der Waals surface area contributed by atoms with E-state index in [1.807, 2.05) is 0 Å². The maximum atomic E-state index is 12.8. The van der Waals surface area contributed by atoms with Gasteiger partial charge < -0.3 is 14.2 Å². The molecule has 0 radical (unpaired) electrons. The summed E-state index contributed by atoms with van der Waals surface area (Å²) < 4.78 is 16.7. The number of allylic oxidation sites excluding steroid dienone is 18. The van der Waals surface area contributed by atoms with E-state index in [-0.39, 0.29) is 31.1 Å². The molecular formula is C67H112O6.